The first-order chi connectivity index (χ1) is 9.10. The van der Waals surface area contributed by atoms with Crippen molar-refractivity contribution in [1.82, 2.24) is 5.32 Å². The van der Waals surface area contributed by atoms with Crippen molar-refractivity contribution >= 4 is 43.2 Å². The van der Waals surface area contributed by atoms with Crippen molar-refractivity contribution in [2.75, 3.05) is 6.54 Å². The van der Waals surface area contributed by atoms with Gasteiger partial charge in [-0.3, -0.25) is 0 Å². The summed E-state index contributed by atoms with van der Waals surface area (Å²) >= 11 is 8.61. The Hall–Kier alpha value is -0.230. The van der Waals surface area contributed by atoms with Crippen LogP contribution in [0.1, 0.15) is 23.4 Å². The monoisotopic (exact) mass is 405 g/mol. The van der Waals surface area contributed by atoms with E-state index in [0.29, 0.717) is 0 Å². The summed E-state index contributed by atoms with van der Waals surface area (Å²) in [6.07, 6.45) is 0.849. The van der Waals surface area contributed by atoms with Gasteiger partial charge in [-0.25, -0.2) is 4.39 Å². The summed E-state index contributed by atoms with van der Waals surface area (Å²) in [6, 6.07) is 7.21. The Bertz CT molecular complexity index is 536. The third kappa shape index (κ3) is 4.12. The normalized spacial score (nSPS) is 12.6. The van der Waals surface area contributed by atoms with Gasteiger partial charge in [-0.1, -0.05) is 22.9 Å². The third-order valence-corrected chi connectivity index (χ3v) is 5.22. The summed E-state index contributed by atoms with van der Waals surface area (Å²) in [6.45, 7) is 2.91. The van der Waals surface area contributed by atoms with Crippen LogP contribution in [0.15, 0.2) is 38.6 Å². The first-order valence-corrected chi connectivity index (χ1v) is 8.48. The average Bonchev–Trinajstić information content (AvgIpc) is 2.73. The minimum atomic E-state index is -0.211. The number of hydrogen-bond acceptors (Lipinski definition) is 2. The van der Waals surface area contributed by atoms with Crippen LogP contribution in [-0.2, 0) is 6.42 Å². The molecule has 102 valence electrons. The standard InChI is InChI=1S/C14H14Br2FNS/c1-2-18-13(8-14-12(16)3-4-19-14)9-5-10(15)7-11(17)6-9/h3-7,13,18H,2,8H2,1H3. The van der Waals surface area contributed by atoms with Crippen molar-refractivity contribution in [3.8, 4) is 0 Å². The van der Waals surface area contributed by atoms with Gasteiger partial charge in [0.15, 0.2) is 0 Å². The van der Waals surface area contributed by atoms with Crippen LogP contribution in [0.2, 0.25) is 0 Å². The zero-order chi connectivity index (χ0) is 13.8. The van der Waals surface area contributed by atoms with Gasteiger partial charge in [0.25, 0.3) is 0 Å². The van der Waals surface area contributed by atoms with Crippen LogP contribution in [-0.4, -0.2) is 6.54 Å². The van der Waals surface area contributed by atoms with E-state index in [1.807, 2.05) is 12.1 Å². The second-order valence-corrected chi connectivity index (χ2v) is 6.98. The second kappa shape index (κ2) is 6.97. The molecule has 1 nitrogen and oxygen atoms in total. The SMILES string of the molecule is CCNC(Cc1sccc1Br)c1cc(F)cc(Br)c1. The molecule has 2 rings (SSSR count). The minimum absolute atomic E-state index is 0.118. The van der Waals surface area contributed by atoms with Crippen molar-refractivity contribution in [1.29, 1.82) is 0 Å². The molecule has 0 aliphatic carbocycles. The summed E-state index contributed by atoms with van der Waals surface area (Å²) in [4.78, 5) is 1.27. The van der Waals surface area contributed by atoms with Gasteiger partial charge in [-0.15, -0.1) is 11.3 Å². The predicted molar refractivity (Wildman–Crippen MR) is 86.2 cm³/mol. The minimum Gasteiger partial charge on any atom is -0.310 e. The fourth-order valence-corrected chi connectivity index (χ4v) is 4.03. The quantitative estimate of drug-likeness (QED) is 0.709. The maximum atomic E-state index is 13.5. The van der Waals surface area contributed by atoms with Crippen LogP contribution >= 0.6 is 43.2 Å². The summed E-state index contributed by atoms with van der Waals surface area (Å²) in [5.74, 6) is -0.211. The molecular formula is C14H14Br2FNS. The molecule has 0 saturated heterocycles. The van der Waals surface area contributed by atoms with Gasteiger partial charge in [-0.05, 0) is 57.7 Å². The van der Waals surface area contributed by atoms with Crippen molar-refractivity contribution in [3.05, 3.63) is 54.8 Å². The molecule has 0 aliphatic heterocycles. The number of likely N-dealkylation sites (N-methyl/N-ethyl adjacent to an activating group) is 1. The lowest BCUT2D eigenvalue weighted by atomic mass is 10.0. The Morgan fingerprint density at radius 2 is 2.11 bits per heavy atom. The molecule has 5 heteroatoms. The molecule has 1 aromatic carbocycles. The Balaban J connectivity index is 2.26. The highest BCUT2D eigenvalue weighted by atomic mass is 79.9. The molecule has 0 radical (unpaired) electrons. The number of rotatable bonds is 5. The van der Waals surface area contributed by atoms with E-state index in [4.69, 9.17) is 0 Å². The molecule has 1 heterocycles. The van der Waals surface area contributed by atoms with Gasteiger partial charge >= 0.3 is 0 Å². The predicted octanol–water partition coefficient (Wildman–Crippen LogP) is 5.31. The van der Waals surface area contributed by atoms with Crippen LogP contribution in [0.3, 0.4) is 0 Å². The molecule has 1 aromatic heterocycles. The van der Waals surface area contributed by atoms with Crippen LogP contribution in [0, 0.1) is 5.82 Å². The van der Waals surface area contributed by atoms with Crippen molar-refractivity contribution in [2.24, 2.45) is 0 Å². The lowest BCUT2D eigenvalue weighted by Crippen LogP contribution is -2.23. The molecule has 1 unspecified atom stereocenters. The molecule has 0 bridgehead atoms. The van der Waals surface area contributed by atoms with Crippen molar-refractivity contribution < 1.29 is 4.39 Å². The van der Waals surface area contributed by atoms with E-state index in [0.717, 1.165) is 27.5 Å². The number of hydrogen-bond donors (Lipinski definition) is 1. The molecule has 0 spiro atoms. The number of thiophene rings is 1. The maximum Gasteiger partial charge on any atom is 0.124 e. The number of halogens is 3. The van der Waals surface area contributed by atoms with E-state index in [1.165, 1.54) is 10.9 Å². The molecule has 0 amide bonds. The highest BCUT2D eigenvalue weighted by molar-refractivity contribution is 9.10. The fraction of sp³-hybridized carbons (Fsp3) is 0.286. The summed E-state index contributed by atoms with van der Waals surface area (Å²) in [7, 11) is 0. The maximum absolute atomic E-state index is 13.5. The summed E-state index contributed by atoms with van der Waals surface area (Å²) in [5.41, 5.74) is 0.967. The molecule has 2 aromatic rings. The lowest BCUT2D eigenvalue weighted by molar-refractivity contribution is 0.545. The first kappa shape index (κ1) is 15.2. The number of benzene rings is 1. The van der Waals surface area contributed by atoms with Crippen LogP contribution in [0.4, 0.5) is 4.39 Å². The van der Waals surface area contributed by atoms with E-state index >= 15 is 0 Å². The number of nitrogens with one attached hydrogen (secondary N) is 1. The Morgan fingerprint density at radius 1 is 1.32 bits per heavy atom. The molecule has 1 N–H and O–H groups in total. The molecule has 19 heavy (non-hydrogen) atoms. The largest absolute Gasteiger partial charge is 0.310 e. The van der Waals surface area contributed by atoms with Gasteiger partial charge in [0.2, 0.25) is 0 Å². The molecule has 0 fully saturated rings. The average molecular weight is 407 g/mol. The van der Waals surface area contributed by atoms with E-state index in [9.17, 15) is 4.39 Å². The van der Waals surface area contributed by atoms with E-state index < -0.39 is 0 Å². The highest BCUT2D eigenvalue weighted by Crippen LogP contribution is 2.29. The van der Waals surface area contributed by atoms with E-state index in [2.05, 4.69) is 49.5 Å². The first-order valence-electron chi connectivity index (χ1n) is 6.01. The zero-order valence-corrected chi connectivity index (χ0v) is 14.4. The van der Waals surface area contributed by atoms with Crippen LogP contribution < -0.4 is 5.32 Å². The van der Waals surface area contributed by atoms with Gasteiger partial charge in [0.05, 0.1) is 0 Å². The van der Waals surface area contributed by atoms with Gasteiger partial charge < -0.3 is 5.32 Å². The Labute approximate surface area is 133 Å². The van der Waals surface area contributed by atoms with Gasteiger partial charge in [0.1, 0.15) is 5.82 Å². The van der Waals surface area contributed by atoms with Crippen LogP contribution in [0.25, 0.3) is 0 Å². The second-order valence-electron chi connectivity index (χ2n) is 4.21. The molecule has 1 atom stereocenters. The molecular weight excluding hydrogens is 393 g/mol. The van der Waals surface area contributed by atoms with Crippen molar-refractivity contribution in [3.63, 3.8) is 0 Å². The van der Waals surface area contributed by atoms with Gasteiger partial charge in [0, 0.05) is 26.3 Å². The van der Waals surface area contributed by atoms with E-state index in [-0.39, 0.29) is 11.9 Å². The topological polar surface area (TPSA) is 12.0 Å². The lowest BCUT2D eigenvalue weighted by Gasteiger charge is -2.18. The van der Waals surface area contributed by atoms with Crippen LogP contribution in [0.5, 0.6) is 0 Å². The molecule has 0 aliphatic rings. The zero-order valence-electron chi connectivity index (χ0n) is 10.4. The molecule has 0 saturated carbocycles. The van der Waals surface area contributed by atoms with E-state index in [1.54, 1.807) is 17.4 Å². The highest BCUT2D eigenvalue weighted by Gasteiger charge is 2.15. The van der Waals surface area contributed by atoms with Gasteiger partial charge in [-0.2, -0.15) is 0 Å². The third-order valence-electron chi connectivity index (χ3n) is 2.82. The smallest absolute Gasteiger partial charge is 0.124 e. The van der Waals surface area contributed by atoms with Crippen molar-refractivity contribution in [2.45, 2.75) is 19.4 Å². The Kier molecular flexibility index (Phi) is 5.57. The summed E-state index contributed by atoms with van der Waals surface area (Å²) in [5, 5.41) is 5.48. The fourth-order valence-electron chi connectivity index (χ4n) is 1.99. The Morgan fingerprint density at radius 3 is 2.68 bits per heavy atom. The summed E-state index contributed by atoms with van der Waals surface area (Å²) < 4.78 is 15.4.